The second-order valence-corrected chi connectivity index (χ2v) is 17.8. The molecule has 0 saturated carbocycles. The third-order valence-corrected chi connectivity index (χ3v) is 13.6. The Kier molecular flexibility index (Phi) is 11.9. The average Bonchev–Trinajstić information content (AvgIpc) is 4.16. The van der Waals surface area contributed by atoms with E-state index in [-0.39, 0.29) is 59.5 Å². The Morgan fingerprint density at radius 2 is 1.62 bits per heavy atom. The molecule has 63 heavy (non-hydrogen) atoms. The van der Waals surface area contributed by atoms with E-state index < -0.39 is 17.2 Å². The van der Waals surface area contributed by atoms with Crippen LogP contribution in [0.25, 0.3) is 38.5 Å². The molecule has 5 aromatic rings. The number of fused-ring (bicyclic) bond motifs is 5. The minimum atomic E-state index is -0.628. The predicted octanol–water partition coefficient (Wildman–Crippen LogP) is 3.57. The van der Waals surface area contributed by atoms with E-state index in [1.54, 1.807) is 15.7 Å². The third kappa shape index (κ3) is 8.42. The second kappa shape index (κ2) is 18.0. The van der Waals surface area contributed by atoms with Crippen molar-refractivity contribution < 1.29 is 27.9 Å². The SMILES string of the molecule is O=CC(CN[C@@H]1CCN(c2c(F)cc3c(=O)c(C(=O)N4CC[C@@H](NC(=O)CNCCN5CCCC5)C4)cn4c3c2Oc2cc3c(cc2-4)oc2ccccc23)C1)NCCN1CCCC1. The van der Waals surface area contributed by atoms with Crippen LogP contribution in [-0.2, 0) is 9.59 Å². The molecule has 2 amide bonds. The fourth-order valence-electron chi connectivity index (χ4n) is 10.2. The van der Waals surface area contributed by atoms with Crippen LogP contribution in [0.5, 0.6) is 11.5 Å². The van der Waals surface area contributed by atoms with Gasteiger partial charge in [-0.3, -0.25) is 14.4 Å². The van der Waals surface area contributed by atoms with Crippen molar-refractivity contribution in [1.82, 2.24) is 40.5 Å². The summed E-state index contributed by atoms with van der Waals surface area (Å²) in [6, 6.07) is 12.0. The number of carbonyl (C=O) groups is 3. The van der Waals surface area contributed by atoms with Crippen LogP contribution in [-0.4, -0.2) is 147 Å². The van der Waals surface area contributed by atoms with Crippen LogP contribution in [0.3, 0.4) is 0 Å². The summed E-state index contributed by atoms with van der Waals surface area (Å²) in [6.45, 7) is 9.91. The van der Waals surface area contributed by atoms with E-state index in [1.807, 2.05) is 41.3 Å². The molecule has 3 aromatic carbocycles. The van der Waals surface area contributed by atoms with Gasteiger partial charge in [0.1, 0.15) is 34.2 Å². The lowest BCUT2D eigenvalue weighted by Crippen LogP contribution is -2.46. The number of ether oxygens (including phenoxy) is 1. The van der Waals surface area contributed by atoms with E-state index in [0.717, 1.165) is 69.4 Å². The van der Waals surface area contributed by atoms with Gasteiger partial charge in [0.05, 0.1) is 23.7 Å². The molecule has 0 spiro atoms. The molecule has 3 atom stereocenters. The number of aldehydes is 1. The summed E-state index contributed by atoms with van der Waals surface area (Å²) >= 11 is 0. The van der Waals surface area contributed by atoms with Crippen molar-refractivity contribution in [2.45, 2.75) is 56.7 Å². The average molecular weight is 862 g/mol. The smallest absolute Gasteiger partial charge is 0.259 e. The van der Waals surface area contributed by atoms with Crippen LogP contribution in [0.4, 0.5) is 10.1 Å². The molecule has 0 bridgehead atoms. The van der Waals surface area contributed by atoms with Crippen LogP contribution >= 0.6 is 0 Å². The van der Waals surface area contributed by atoms with Crippen LogP contribution in [0.15, 0.2) is 57.9 Å². The number of anilines is 1. The van der Waals surface area contributed by atoms with Crippen LogP contribution in [0.1, 0.15) is 48.9 Å². The molecule has 2 aromatic heterocycles. The summed E-state index contributed by atoms with van der Waals surface area (Å²) in [5.41, 5.74) is 1.75. The number of nitrogens with zero attached hydrogens (tertiary/aromatic N) is 5. The van der Waals surface area contributed by atoms with Gasteiger partial charge in [-0.15, -0.1) is 0 Å². The van der Waals surface area contributed by atoms with Crippen LogP contribution in [0.2, 0.25) is 0 Å². The van der Waals surface area contributed by atoms with Gasteiger partial charge in [-0.05, 0) is 82.9 Å². The number of aromatic nitrogens is 1. The molecule has 1 unspecified atom stereocenters. The Hall–Kier alpha value is -5.39. The number of likely N-dealkylation sites (tertiary alicyclic amines) is 3. The van der Waals surface area contributed by atoms with Gasteiger partial charge >= 0.3 is 0 Å². The Balaban J connectivity index is 0.908. The third-order valence-electron chi connectivity index (χ3n) is 13.6. The summed E-state index contributed by atoms with van der Waals surface area (Å²) in [5, 5.41) is 14.9. The van der Waals surface area contributed by atoms with E-state index in [0.29, 0.717) is 67.1 Å². The predicted molar refractivity (Wildman–Crippen MR) is 240 cm³/mol. The number of nitrogens with one attached hydrogen (secondary N) is 4. The maximum absolute atomic E-state index is 16.8. The van der Waals surface area contributed by atoms with Crippen LogP contribution in [0, 0.1) is 5.82 Å². The van der Waals surface area contributed by atoms with Crippen molar-refractivity contribution >= 4 is 56.6 Å². The van der Waals surface area contributed by atoms with Crippen molar-refractivity contribution in [1.29, 1.82) is 0 Å². The standard InChI is InChI=1S/C47H56FN9O6/c48-37-21-35-43-46(44(37)55-17-9-30(26-55)51-24-32(29-58)50-12-20-54-15-5-6-16-54)63-41-22-34-33-7-1-2-8-39(33)62-40(34)23-38(41)57(43)28-36(45(35)60)47(61)56-18-10-31(27-56)52-42(59)25-49-11-19-53-13-3-4-14-53/h1-2,7-8,21-23,28-32,49-51H,3-6,9-20,24-27H2,(H,52,59)/t30-,31-,32?/m1/s1. The minimum absolute atomic E-state index is 0.0183. The van der Waals surface area contributed by atoms with Gasteiger partial charge in [0.15, 0.2) is 17.3 Å². The van der Waals surface area contributed by atoms with E-state index in [9.17, 15) is 19.2 Å². The molecule has 15 nitrogen and oxygen atoms in total. The van der Waals surface area contributed by atoms with Gasteiger partial charge in [-0.25, -0.2) is 4.39 Å². The molecule has 4 saturated heterocycles. The largest absolute Gasteiger partial charge is 0.456 e. The van der Waals surface area contributed by atoms with Crippen molar-refractivity contribution in [3.63, 3.8) is 0 Å². The number of hydrogen-bond donors (Lipinski definition) is 4. The number of para-hydroxylation sites is 1. The van der Waals surface area contributed by atoms with Crippen molar-refractivity contribution in [3.05, 3.63) is 70.3 Å². The first-order valence-corrected chi connectivity index (χ1v) is 22.8. The normalized spacial score (nSPS) is 20.6. The maximum Gasteiger partial charge on any atom is 0.259 e. The Bertz CT molecular complexity index is 2600. The van der Waals surface area contributed by atoms with Gasteiger partial charge < -0.3 is 59.4 Å². The number of amides is 2. The quantitative estimate of drug-likeness (QED) is 0.0831. The zero-order valence-electron chi connectivity index (χ0n) is 35.6. The second-order valence-electron chi connectivity index (χ2n) is 17.8. The summed E-state index contributed by atoms with van der Waals surface area (Å²) in [7, 11) is 0. The summed E-state index contributed by atoms with van der Waals surface area (Å²) in [4.78, 5) is 61.9. The molecule has 7 heterocycles. The lowest BCUT2D eigenvalue weighted by molar-refractivity contribution is -0.120. The summed E-state index contributed by atoms with van der Waals surface area (Å²) in [5.74, 6) is -0.616. The monoisotopic (exact) mass is 861 g/mol. The lowest BCUT2D eigenvalue weighted by Gasteiger charge is -2.29. The molecule has 10 rings (SSSR count). The number of carbonyl (C=O) groups excluding carboxylic acids is 3. The Morgan fingerprint density at radius 1 is 0.857 bits per heavy atom. The fraction of sp³-hybridized carbons (Fsp3) is 0.489. The van der Waals surface area contributed by atoms with Crippen molar-refractivity contribution in [3.8, 4) is 17.2 Å². The van der Waals surface area contributed by atoms with Crippen molar-refractivity contribution in [2.24, 2.45) is 0 Å². The number of pyridine rings is 1. The number of hydrogen-bond acceptors (Lipinski definition) is 12. The lowest BCUT2D eigenvalue weighted by atomic mass is 10.0. The molecular formula is C47H56FN9O6. The number of benzene rings is 3. The highest BCUT2D eigenvalue weighted by molar-refractivity contribution is 6.07. The molecule has 332 valence electrons. The number of halogens is 1. The Morgan fingerprint density at radius 3 is 2.41 bits per heavy atom. The molecule has 0 aliphatic carbocycles. The van der Waals surface area contributed by atoms with Crippen LogP contribution < -0.4 is 36.3 Å². The highest BCUT2D eigenvalue weighted by Gasteiger charge is 2.36. The zero-order chi connectivity index (χ0) is 43.0. The molecule has 16 heteroatoms. The molecular weight excluding hydrogens is 806 g/mol. The van der Waals surface area contributed by atoms with E-state index in [4.69, 9.17) is 9.15 Å². The van der Waals surface area contributed by atoms with E-state index in [1.165, 1.54) is 31.7 Å². The first kappa shape index (κ1) is 41.6. The summed E-state index contributed by atoms with van der Waals surface area (Å²) in [6.07, 6.45) is 8.63. The molecule has 0 radical (unpaired) electrons. The van der Waals surface area contributed by atoms with Gasteiger partial charge in [0, 0.05) is 94.0 Å². The van der Waals surface area contributed by atoms with Gasteiger partial charge in [-0.1, -0.05) is 18.2 Å². The molecule has 5 aliphatic rings. The summed E-state index contributed by atoms with van der Waals surface area (Å²) < 4.78 is 31.5. The van der Waals surface area contributed by atoms with Gasteiger partial charge in [-0.2, -0.15) is 0 Å². The first-order valence-electron chi connectivity index (χ1n) is 22.8. The van der Waals surface area contributed by atoms with Crippen molar-refractivity contribution in [2.75, 3.05) is 96.5 Å². The van der Waals surface area contributed by atoms with Gasteiger partial charge in [0.2, 0.25) is 11.3 Å². The minimum Gasteiger partial charge on any atom is -0.456 e. The fourth-order valence-corrected chi connectivity index (χ4v) is 10.2. The Labute approximate surface area is 364 Å². The van der Waals surface area contributed by atoms with E-state index >= 15 is 4.39 Å². The maximum atomic E-state index is 16.8. The molecule has 5 aliphatic heterocycles. The molecule has 4 N–H and O–H groups in total. The number of furan rings is 1. The topological polar surface area (TPSA) is 157 Å². The zero-order valence-corrected chi connectivity index (χ0v) is 35.6. The number of rotatable bonds is 16. The van der Waals surface area contributed by atoms with E-state index in [2.05, 4.69) is 31.1 Å². The highest BCUT2D eigenvalue weighted by atomic mass is 19.1. The van der Waals surface area contributed by atoms with Gasteiger partial charge in [0.25, 0.3) is 5.91 Å². The molecule has 4 fully saturated rings. The highest BCUT2D eigenvalue weighted by Crippen LogP contribution is 2.49. The first-order chi connectivity index (χ1) is 30.8.